The van der Waals surface area contributed by atoms with Crippen molar-refractivity contribution in [1.29, 1.82) is 0 Å². The molecule has 216 valence electrons. The second-order valence-corrected chi connectivity index (χ2v) is 9.65. The topological polar surface area (TPSA) is 128 Å². The number of halogens is 1. The molecule has 2 aromatic rings. The Balaban J connectivity index is 1.73. The third-order valence-electron chi connectivity index (χ3n) is 6.66. The molecule has 0 bridgehead atoms. The molecular weight excluding hydrogens is 505 g/mol. The summed E-state index contributed by atoms with van der Waals surface area (Å²) in [5.41, 5.74) is -0.802. The number of terminal acetylenes is 1. The number of anilines is 1. The molecule has 0 radical (unpaired) electrons. The number of unbranched alkanes of at least 4 members (excludes halogenated alkanes) is 8. The van der Waals surface area contributed by atoms with Gasteiger partial charge in [-0.3, -0.25) is 9.59 Å². The minimum Gasteiger partial charge on any atom is -0.466 e. The van der Waals surface area contributed by atoms with Crippen LogP contribution in [-0.2, 0) is 25.6 Å². The Bertz CT molecular complexity index is 1080. The van der Waals surface area contributed by atoms with Gasteiger partial charge in [0.05, 0.1) is 19.5 Å². The molecule has 0 aliphatic heterocycles. The van der Waals surface area contributed by atoms with Crippen LogP contribution in [-0.4, -0.2) is 62.4 Å². The van der Waals surface area contributed by atoms with E-state index in [0.29, 0.717) is 12.8 Å². The fourth-order valence-corrected chi connectivity index (χ4v) is 4.16. The van der Waals surface area contributed by atoms with Gasteiger partial charge >= 0.3 is 12.0 Å². The van der Waals surface area contributed by atoms with Crippen LogP contribution in [0.4, 0.5) is 10.2 Å². The molecule has 11 heteroatoms. The molecule has 0 unspecified atom stereocenters. The third kappa shape index (κ3) is 10.9. The van der Waals surface area contributed by atoms with Crippen LogP contribution in [0.3, 0.4) is 0 Å². The number of aliphatic hydroxyl groups excluding tert-OH is 1. The number of hydrogen-bond donors (Lipinski definition) is 2. The van der Waals surface area contributed by atoms with E-state index in [1.807, 2.05) is 0 Å². The number of hydrogen-bond acceptors (Lipinski definition) is 8. The van der Waals surface area contributed by atoms with Crippen LogP contribution in [0.15, 0.2) is 6.33 Å². The summed E-state index contributed by atoms with van der Waals surface area (Å²) in [5.74, 6) is 1.70. The first-order valence-corrected chi connectivity index (χ1v) is 13.9. The summed E-state index contributed by atoms with van der Waals surface area (Å²) in [5, 5.41) is 12.1. The monoisotopic (exact) mass is 547 g/mol. The average Bonchev–Trinajstić information content (AvgIpc) is 3.34. The predicted octanol–water partition coefficient (Wildman–Crippen LogP) is 4.55. The van der Waals surface area contributed by atoms with Crippen molar-refractivity contribution in [3.8, 4) is 12.3 Å². The second kappa shape index (κ2) is 17.5. The van der Waals surface area contributed by atoms with E-state index in [9.17, 15) is 19.1 Å². The number of aromatic nitrogens is 4. The smallest absolute Gasteiger partial charge is 0.312 e. The highest BCUT2D eigenvalue weighted by Crippen LogP contribution is 2.22. The molecule has 1 atom stereocenters. The number of amides is 1. The van der Waals surface area contributed by atoms with Crippen LogP contribution in [0, 0.1) is 18.4 Å². The number of ether oxygens (including phenoxy) is 2. The molecule has 0 aliphatic rings. The van der Waals surface area contributed by atoms with Gasteiger partial charge in [-0.15, -0.1) is 6.42 Å². The summed E-state index contributed by atoms with van der Waals surface area (Å²) in [6.45, 7) is 2.20. The van der Waals surface area contributed by atoms with E-state index in [2.05, 4.69) is 33.1 Å². The van der Waals surface area contributed by atoms with Gasteiger partial charge in [0.25, 0.3) is 0 Å². The zero-order valence-electron chi connectivity index (χ0n) is 23.2. The molecule has 0 saturated heterocycles. The summed E-state index contributed by atoms with van der Waals surface area (Å²) in [6, 6.07) is 0. The van der Waals surface area contributed by atoms with E-state index >= 15 is 0 Å². The molecule has 0 saturated carbocycles. The number of aliphatic hydroxyl groups is 1. The Labute approximate surface area is 230 Å². The summed E-state index contributed by atoms with van der Waals surface area (Å²) < 4.78 is 26.1. The van der Waals surface area contributed by atoms with Gasteiger partial charge in [0.1, 0.15) is 0 Å². The molecule has 2 rings (SSSR count). The van der Waals surface area contributed by atoms with Crippen molar-refractivity contribution in [2.45, 2.75) is 103 Å². The zero-order chi connectivity index (χ0) is 28.5. The van der Waals surface area contributed by atoms with Gasteiger partial charge in [-0.05, 0) is 12.8 Å². The van der Waals surface area contributed by atoms with Crippen LogP contribution < -0.4 is 5.32 Å². The molecule has 2 N–H and O–H groups in total. The number of fused-ring (bicyclic) bond motifs is 1. The molecule has 2 heterocycles. The maximum Gasteiger partial charge on any atom is 0.312 e. The van der Waals surface area contributed by atoms with E-state index in [4.69, 9.17) is 15.9 Å². The van der Waals surface area contributed by atoms with Crippen molar-refractivity contribution >= 4 is 28.9 Å². The van der Waals surface area contributed by atoms with Crippen molar-refractivity contribution in [1.82, 2.24) is 19.5 Å². The molecule has 39 heavy (non-hydrogen) atoms. The number of rotatable bonds is 20. The molecule has 10 nitrogen and oxygen atoms in total. The van der Waals surface area contributed by atoms with Crippen LogP contribution in [0.2, 0.25) is 0 Å². The Kier molecular flexibility index (Phi) is 14.4. The Morgan fingerprint density at radius 3 is 2.44 bits per heavy atom. The lowest BCUT2D eigenvalue weighted by Gasteiger charge is -2.24. The van der Waals surface area contributed by atoms with Gasteiger partial charge in [0, 0.05) is 32.9 Å². The second-order valence-electron chi connectivity index (χ2n) is 9.65. The molecule has 0 aromatic carbocycles. The zero-order valence-corrected chi connectivity index (χ0v) is 23.2. The van der Waals surface area contributed by atoms with Crippen LogP contribution in [0.1, 0.15) is 90.4 Å². The summed E-state index contributed by atoms with van der Waals surface area (Å²) in [4.78, 5) is 36.0. The number of imidazole rings is 1. The van der Waals surface area contributed by atoms with E-state index in [1.54, 1.807) is 4.57 Å². The number of carbonyl (C=O) groups is 2. The van der Waals surface area contributed by atoms with E-state index < -0.39 is 17.6 Å². The average molecular weight is 548 g/mol. The van der Waals surface area contributed by atoms with Crippen LogP contribution in [0.25, 0.3) is 11.2 Å². The first-order chi connectivity index (χ1) is 18.9. The fraction of sp³-hybridized carbons (Fsp3) is 0.679. The number of esters is 1. The summed E-state index contributed by atoms with van der Waals surface area (Å²) in [7, 11) is 1.40. The highest BCUT2D eigenvalue weighted by Gasteiger charge is 2.26. The lowest BCUT2D eigenvalue weighted by molar-refractivity contribution is -0.144. The summed E-state index contributed by atoms with van der Waals surface area (Å²) in [6.07, 6.45) is 17.5. The SMILES string of the molecule is C#C[C@@](CO)(CCn1cnc2c(NC(=O)CCCOC(=O)CCCCCCCCCCC)nc(F)nc21)OC. The highest BCUT2D eigenvalue weighted by molar-refractivity contribution is 5.96. The lowest BCUT2D eigenvalue weighted by atomic mass is 10.0. The van der Waals surface area contributed by atoms with E-state index in [0.717, 1.165) is 19.3 Å². The van der Waals surface area contributed by atoms with Crippen LogP contribution in [0.5, 0.6) is 0 Å². The van der Waals surface area contributed by atoms with Crippen molar-refractivity contribution < 1.29 is 28.6 Å². The predicted molar refractivity (Wildman–Crippen MR) is 146 cm³/mol. The first-order valence-electron chi connectivity index (χ1n) is 13.9. The van der Waals surface area contributed by atoms with Gasteiger partial charge < -0.3 is 24.5 Å². The normalized spacial score (nSPS) is 12.7. The van der Waals surface area contributed by atoms with Crippen LogP contribution >= 0.6 is 0 Å². The maximum absolute atomic E-state index is 14.1. The molecule has 0 aliphatic carbocycles. The summed E-state index contributed by atoms with van der Waals surface area (Å²) >= 11 is 0. The van der Waals surface area contributed by atoms with Gasteiger partial charge in [0.15, 0.2) is 22.6 Å². The lowest BCUT2D eigenvalue weighted by Crippen LogP contribution is -2.35. The molecule has 2 aromatic heterocycles. The number of methoxy groups -OCH3 is 1. The largest absolute Gasteiger partial charge is 0.466 e. The molecule has 0 fully saturated rings. The number of nitrogens with zero attached hydrogens (tertiary/aromatic N) is 4. The minimum atomic E-state index is -1.18. The standard InChI is InChI=1S/C28H42FN5O5/c1-4-6-7-8-9-10-11-12-13-16-23(37)39-19-14-15-22(36)31-25-24-26(33-27(29)32-25)34(21-30-24)18-17-28(5-2,20-35)38-3/h2,21,35H,4,6-20H2,1,3H3,(H,31,32,33,36)/t28-/m0/s1. The van der Waals surface area contributed by atoms with Gasteiger partial charge in [-0.25, -0.2) is 4.98 Å². The van der Waals surface area contributed by atoms with E-state index in [-0.39, 0.29) is 55.6 Å². The maximum atomic E-state index is 14.1. The molecule has 1 amide bonds. The number of aryl methyl sites for hydroxylation is 1. The van der Waals surface area contributed by atoms with Gasteiger partial charge in [-0.2, -0.15) is 14.4 Å². The Hall–Kier alpha value is -3.10. The van der Waals surface area contributed by atoms with Gasteiger partial charge in [0.2, 0.25) is 5.91 Å². The van der Waals surface area contributed by atoms with Crippen molar-refractivity contribution in [3.05, 3.63) is 12.4 Å². The number of nitrogens with one attached hydrogen (secondary N) is 1. The Morgan fingerprint density at radius 1 is 1.10 bits per heavy atom. The number of carbonyl (C=O) groups excluding carboxylic acids is 2. The van der Waals surface area contributed by atoms with Gasteiger partial charge in [-0.1, -0.05) is 64.2 Å². The van der Waals surface area contributed by atoms with Crippen molar-refractivity contribution in [2.75, 3.05) is 25.6 Å². The quantitative estimate of drug-likeness (QED) is 0.107. The molecule has 0 spiro atoms. The fourth-order valence-electron chi connectivity index (χ4n) is 4.16. The highest BCUT2D eigenvalue weighted by atomic mass is 19.1. The Morgan fingerprint density at radius 2 is 1.79 bits per heavy atom. The van der Waals surface area contributed by atoms with E-state index in [1.165, 1.54) is 52.0 Å². The minimum absolute atomic E-state index is 0.0549. The van der Waals surface area contributed by atoms with Crippen molar-refractivity contribution in [2.24, 2.45) is 0 Å². The first kappa shape index (κ1) is 32.1. The van der Waals surface area contributed by atoms with Crippen molar-refractivity contribution in [3.63, 3.8) is 0 Å². The molecular formula is C28H42FN5O5. The third-order valence-corrected chi connectivity index (χ3v) is 6.66.